The van der Waals surface area contributed by atoms with Crippen LogP contribution in [-0.4, -0.2) is 40.6 Å². The lowest BCUT2D eigenvalue weighted by molar-refractivity contribution is 0.0694. The normalized spacial score (nSPS) is 22.2. The first kappa shape index (κ1) is 17.7. The summed E-state index contributed by atoms with van der Waals surface area (Å²) in [5.74, 6) is -1.49. The van der Waals surface area contributed by atoms with Gasteiger partial charge in [-0.2, -0.15) is 0 Å². The Labute approximate surface area is 162 Å². The number of aromatic carboxylic acids is 1. The van der Waals surface area contributed by atoms with Crippen molar-refractivity contribution in [1.29, 1.82) is 0 Å². The molecule has 2 N–H and O–H groups in total. The summed E-state index contributed by atoms with van der Waals surface area (Å²) in [4.78, 5) is 26.3. The third-order valence-corrected chi connectivity index (χ3v) is 6.24. The Hall–Kier alpha value is -2.41. The molecule has 1 saturated heterocycles. The summed E-state index contributed by atoms with van der Waals surface area (Å²) in [5.41, 5.74) is 1.83. The Bertz CT molecular complexity index is 1040. The largest absolute Gasteiger partial charge is 0.477 e. The maximum absolute atomic E-state index is 15.1. The number of anilines is 1. The highest BCUT2D eigenvalue weighted by atomic mass is 19.1. The van der Waals surface area contributed by atoms with Crippen molar-refractivity contribution >= 4 is 17.2 Å². The number of aromatic nitrogens is 1. The average molecular weight is 385 g/mol. The Morgan fingerprint density at radius 3 is 2.61 bits per heavy atom. The molecule has 0 radical (unpaired) electrons. The van der Waals surface area contributed by atoms with Crippen LogP contribution in [0.4, 0.5) is 10.1 Å². The van der Waals surface area contributed by atoms with Gasteiger partial charge in [0.1, 0.15) is 5.56 Å². The third kappa shape index (κ3) is 2.89. The molecule has 0 spiro atoms. The maximum Gasteiger partial charge on any atom is 0.341 e. The smallest absolute Gasteiger partial charge is 0.341 e. The van der Waals surface area contributed by atoms with Crippen LogP contribution < -0.4 is 15.8 Å². The minimum atomic E-state index is -1.27. The monoisotopic (exact) mass is 385 g/mol. The zero-order valence-electron chi connectivity index (χ0n) is 15.9. The molecule has 5 rings (SSSR count). The number of halogens is 1. The summed E-state index contributed by atoms with van der Waals surface area (Å²) in [7, 11) is 0. The first-order valence-electron chi connectivity index (χ1n) is 10.1. The third-order valence-electron chi connectivity index (χ3n) is 6.24. The van der Waals surface area contributed by atoms with Gasteiger partial charge in [0.2, 0.25) is 0 Å². The second-order valence-electron chi connectivity index (χ2n) is 8.44. The van der Waals surface area contributed by atoms with Gasteiger partial charge in [-0.1, -0.05) is 0 Å². The molecule has 2 saturated carbocycles. The highest BCUT2D eigenvalue weighted by Gasteiger charge is 2.33. The number of fused-ring (bicyclic) bond motifs is 1. The Morgan fingerprint density at radius 1 is 1.21 bits per heavy atom. The summed E-state index contributed by atoms with van der Waals surface area (Å²) in [6, 6.07) is 2.48. The van der Waals surface area contributed by atoms with Gasteiger partial charge in [0, 0.05) is 25.2 Å². The fourth-order valence-electron chi connectivity index (χ4n) is 4.57. The van der Waals surface area contributed by atoms with E-state index in [0.717, 1.165) is 43.5 Å². The molecule has 28 heavy (non-hydrogen) atoms. The van der Waals surface area contributed by atoms with Crippen molar-refractivity contribution in [3.63, 3.8) is 0 Å². The summed E-state index contributed by atoms with van der Waals surface area (Å²) >= 11 is 0. The molecular formula is C21H24FN3O3. The number of nitrogens with zero attached hydrogens (tertiary/aromatic N) is 2. The van der Waals surface area contributed by atoms with Crippen molar-refractivity contribution in [2.45, 2.75) is 57.0 Å². The number of carboxylic acids is 1. The molecule has 148 valence electrons. The molecule has 1 atom stereocenters. The second-order valence-corrected chi connectivity index (χ2v) is 8.44. The first-order chi connectivity index (χ1) is 13.4. The van der Waals surface area contributed by atoms with Gasteiger partial charge in [0.25, 0.3) is 5.56 Å². The molecule has 0 amide bonds. The van der Waals surface area contributed by atoms with Gasteiger partial charge < -0.3 is 15.3 Å². The van der Waals surface area contributed by atoms with E-state index in [1.54, 1.807) is 0 Å². The van der Waals surface area contributed by atoms with Gasteiger partial charge >= 0.3 is 5.97 Å². The SMILES string of the molecule is Cc1c(N2CCC(NC3CC3)C2)c(F)cn2c(=O)c(C(=O)O)cc(C3CC3)c12. The molecule has 1 aliphatic heterocycles. The number of rotatable bonds is 5. The van der Waals surface area contributed by atoms with Crippen molar-refractivity contribution < 1.29 is 14.3 Å². The van der Waals surface area contributed by atoms with Crippen LogP contribution in [0, 0.1) is 12.7 Å². The summed E-state index contributed by atoms with van der Waals surface area (Å²) < 4.78 is 16.3. The van der Waals surface area contributed by atoms with E-state index in [0.29, 0.717) is 23.3 Å². The van der Waals surface area contributed by atoms with E-state index < -0.39 is 17.3 Å². The number of nitrogens with one attached hydrogen (secondary N) is 1. The lowest BCUT2D eigenvalue weighted by atomic mass is 10.0. The topological polar surface area (TPSA) is 74.0 Å². The van der Waals surface area contributed by atoms with E-state index in [4.69, 9.17) is 0 Å². The molecule has 6 nitrogen and oxygen atoms in total. The molecule has 2 aliphatic carbocycles. The van der Waals surface area contributed by atoms with Crippen LogP contribution in [-0.2, 0) is 0 Å². The number of carbonyl (C=O) groups is 1. The predicted molar refractivity (Wildman–Crippen MR) is 104 cm³/mol. The zero-order valence-corrected chi connectivity index (χ0v) is 15.9. The molecule has 1 unspecified atom stereocenters. The van der Waals surface area contributed by atoms with Crippen LogP contribution >= 0.6 is 0 Å². The van der Waals surface area contributed by atoms with Crippen molar-refractivity contribution in [1.82, 2.24) is 9.72 Å². The highest BCUT2D eigenvalue weighted by molar-refractivity contribution is 5.89. The first-order valence-corrected chi connectivity index (χ1v) is 10.1. The average Bonchev–Trinajstić information content (AvgIpc) is 3.56. The molecule has 0 bridgehead atoms. The van der Waals surface area contributed by atoms with Crippen LogP contribution in [0.15, 0.2) is 17.1 Å². The van der Waals surface area contributed by atoms with Crippen LogP contribution in [0.25, 0.3) is 5.52 Å². The van der Waals surface area contributed by atoms with Crippen LogP contribution in [0.2, 0.25) is 0 Å². The lowest BCUT2D eigenvalue weighted by Crippen LogP contribution is -2.34. The van der Waals surface area contributed by atoms with Crippen LogP contribution in [0.3, 0.4) is 0 Å². The lowest BCUT2D eigenvalue weighted by Gasteiger charge is -2.24. The van der Waals surface area contributed by atoms with Crippen molar-refractivity contribution in [2.75, 3.05) is 18.0 Å². The van der Waals surface area contributed by atoms with Gasteiger partial charge in [0.05, 0.1) is 17.4 Å². The minimum absolute atomic E-state index is 0.244. The molecule has 3 fully saturated rings. The molecule has 2 aromatic rings. The van der Waals surface area contributed by atoms with Gasteiger partial charge in [-0.25, -0.2) is 9.18 Å². The minimum Gasteiger partial charge on any atom is -0.477 e. The fraction of sp³-hybridized carbons (Fsp3) is 0.524. The Balaban J connectivity index is 1.63. The number of pyridine rings is 2. The summed E-state index contributed by atoms with van der Waals surface area (Å²) in [5, 5.41) is 13.0. The predicted octanol–water partition coefficient (Wildman–Crippen LogP) is 2.65. The van der Waals surface area contributed by atoms with Gasteiger partial charge in [0.15, 0.2) is 5.82 Å². The van der Waals surface area contributed by atoms with E-state index in [2.05, 4.69) is 10.2 Å². The van der Waals surface area contributed by atoms with Crippen LogP contribution in [0.5, 0.6) is 0 Å². The van der Waals surface area contributed by atoms with E-state index >= 15 is 4.39 Å². The van der Waals surface area contributed by atoms with E-state index in [1.165, 1.54) is 29.5 Å². The quantitative estimate of drug-likeness (QED) is 0.828. The van der Waals surface area contributed by atoms with Crippen molar-refractivity contribution in [2.24, 2.45) is 0 Å². The van der Waals surface area contributed by atoms with Gasteiger partial charge in [-0.3, -0.25) is 9.20 Å². The molecule has 7 heteroatoms. The highest BCUT2D eigenvalue weighted by Crippen LogP contribution is 2.44. The van der Waals surface area contributed by atoms with Crippen LogP contribution in [0.1, 0.15) is 59.5 Å². The van der Waals surface area contributed by atoms with E-state index in [1.807, 2.05) is 6.92 Å². The number of hydrogen-bond donors (Lipinski definition) is 2. The van der Waals surface area contributed by atoms with Crippen molar-refractivity contribution in [3.8, 4) is 0 Å². The fourth-order valence-corrected chi connectivity index (χ4v) is 4.57. The summed E-state index contributed by atoms with van der Waals surface area (Å²) in [6.45, 7) is 3.37. The number of hydrogen-bond acceptors (Lipinski definition) is 4. The number of carboxylic acid groups (broad SMARTS) is 1. The van der Waals surface area contributed by atoms with E-state index in [9.17, 15) is 14.7 Å². The Kier molecular flexibility index (Phi) is 3.98. The van der Waals surface area contributed by atoms with Gasteiger partial charge in [-0.15, -0.1) is 0 Å². The molecule has 3 heterocycles. The molecule has 0 aromatic carbocycles. The standard InChI is InChI=1S/C21H24FN3O3/c1-11-18-15(12-2-3-12)8-16(21(27)28)20(26)25(18)10-17(22)19(11)24-7-6-14(9-24)23-13-4-5-13/h8,10,12-14,23H,2-7,9H2,1H3,(H,27,28). The second kappa shape index (κ2) is 6.30. The maximum atomic E-state index is 15.1. The molecule has 2 aromatic heterocycles. The molecular weight excluding hydrogens is 361 g/mol. The Morgan fingerprint density at radius 2 is 1.96 bits per heavy atom. The summed E-state index contributed by atoms with van der Waals surface area (Å²) in [6.07, 6.45) is 6.53. The number of aryl methyl sites for hydroxylation is 1. The zero-order chi connectivity index (χ0) is 19.6. The van der Waals surface area contributed by atoms with Gasteiger partial charge in [-0.05, 0) is 62.1 Å². The van der Waals surface area contributed by atoms with E-state index in [-0.39, 0.29) is 11.5 Å². The van der Waals surface area contributed by atoms with Crippen molar-refractivity contribution in [3.05, 3.63) is 45.1 Å². The molecule has 3 aliphatic rings.